The molecule has 0 radical (unpaired) electrons. The van der Waals surface area contributed by atoms with Gasteiger partial charge >= 0.3 is 0 Å². The Morgan fingerprint density at radius 3 is 2.80 bits per heavy atom. The van der Waals surface area contributed by atoms with E-state index in [2.05, 4.69) is 15.3 Å². The number of fused-ring (bicyclic) bond motifs is 1. The van der Waals surface area contributed by atoms with Crippen molar-refractivity contribution in [3.63, 3.8) is 0 Å². The maximum absolute atomic E-state index is 12.9. The fourth-order valence-electron chi connectivity index (χ4n) is 2.84. The first-order valence-electron chi connectivity index (χ1n) is 8.01. The Balaban J connectivity index is 1.65. The molecule has 1 saturated carbocycles. The molecule has 2 atom stereocenters. The lowest BCUT2D eigenvalue weighted by atomic mass is 10.00. The van der Waals surface area contributed by atoms with Crippen molar-refractivity contribution in [1.29, 1.82) is 0 Å². The predicted molar refractivity (Wildman–Crippen MR) is 93.0 cm³/mol. The molecule has 0 saturated heterocycles. The Morgan fingerprint density at radius 1 is 1.24 bits per heavy atom. The monoisotopic (exact) mass is 337 g/mol. The van der Waals surface area contributed by atoms with Gasteiger partial charge in [0.15, 0.2) is 0 Å². The first kappa shape index (κ1) is 15.5. The van der Waals surface area contributed by atoms with Crippen molar-refractivity contribution >= 4 is 22.5 Å². The van der Waals surface area contributed by atoms with Gasteiger partial charge in [0.25, 0.3) is 0 Å². The third-order valence-corrected chi connectivity index (χ3v) is 4.52. The van der Waals surface area contributed by atoms with Gasteiger partial charge < -0.3 is 10.4 Å². The van der Waals surface area contributed by atoms with E-state index < -0.39 is 12.1 Å². The molecule has 2 N–H and O–H groups in total. The summed E-state index contributed by atoms with van der Waals surface area (Å²) in [5, 5.41) is 14.3. The molecule has 25 heavy (non-hydrogen) atoms. The second kappa shape index (κ2) is 5.81. The summed E-state index contributed by atoms with van der Waals surface area (Å²) in [6.45, 7) is 1.84. The number of nitrogens with zero attached hydrogens (tertiary/aromatic N) is 2. The molecule has 1 aliphatic rings. The second-order valence-electron chi connectivity index (χ2n) is 6.31. The molecule has 2 aromatic heterocycles. The van der Waals surface area contributed by atoms with Crippen molar-refractivity contribution in [1.82, 2.24) is 9.97 Å². The molecule has 1 aromatic carbocycles. The van der Waals surface area contributed by atoms with Crippen LogP contribution in [0.15, 0.2) is 42.9 Å². The van der Waals surface area contributed by atoms with E-state index >= 15 is 0 Å². The number of hydrogen-bond acceptors (Lipinski definition) is 4. The minimum Gasteiger partial charge on any atom is -0.506 e. The number of hydrogen-bond donors (Lipinski definition) is 2. The van der Waals surface area contributed by atoms with E-state index in [0.717, 1.165) is 27.5 Å². The Labute approximate surface area is 143 Å². The molecule has 1 aliphatic carbocycles. The lowest BCUT2D eigenvalue weighted by Gasteiger charge is -2.09. The minimum atomic E-state index is -1.03. The van der Waals surface area contributed by atoms with Gasteiger partial charge in [-0.05, 0) is 36.4 Å². The average molecular weight is 337 g/mol. The molecular weight excluding hydrogens is 321 g/mol. The Morgan fingerprint density at radius 2 is 2.04 bits per heavy atom. The molecule has 0 bridgehead atoms. The molecule has 6 heteroatoms. The van der Waals surface area contributed by atoms with Gasteiger partial charge in [-0.3, -0.25) is 9.78 Å². The molecule has 2 heterocycles. The van der Waals surface area contributed by atoms with Gasteiger partial charge in [0.05, 0.1) is 12.1 Å². The van der Waals surface area contributed by atoms with E-state index in [9.17, 15) is 14.3 Å². The van der Waals surface area contributed by atoms with Crippen molar-refractivity contribution in [2.45, 2.75) is 19.5 Å². The molecule has 126 valence electrons. The van der Waals surface area contributed by atoms with Crippen molar-refractivity contribution in [2.24, 2.45) is 5.92 Å². The van der Waals surface area contributed by atoms with Gasteiger partial charge in [-0.2, -0.15) is 0 Å². The highest BCUT2D eigenvalue weighted by atomic mass is 19.1. The molecule has 5 nitrogen and oxygen atoms in total. The molecule has 0 spiro atoms. The van der Waals surface area contributed by atoms with Crippen LogP contribution in [0.5, 0.6) is 5.75 Å². The summed E-state index contributed by atoms with van der Waals surface area (Å²) in [5.41, 5.74) is 2.53. The molecule has 0 aliphatic heterocycles. The van der Waals surface area contributed by atoms with Crippen LogP contribution in [-0.2, 0) is 4.79 Å². The Hall–Kier alpha value is -3.02. The number of carbonyl (C=O) groups excluding carboxylic acids is 1. The van der Waals surface area contributed by atoms with Gasteiger partial charge in [0.1, 0.15) is 17.7 Å². The third kappa shape index (κ3) is 2.91. The zero-order valence-electron chi connectivity index (χ0n) is 13.5. The lowest BCUT2D eigenvalue weighted by Crippen LogP contribution is -2.15. The lowest BCUT2D eigenvalue weighted by molar-refractivity contribution is -0.117. The van der Waals surface area contributed by atoms with Crippen molar-refractivity contribution < 1.29 is 14.3 Å². The maximum Gasteiger partial charge on any atom is 0.231 e. The van der Waals surface area contributed by atoms with Crippen LogP contribution in [0.3, 0.4) is 0 Å². The van der Waals surface area contributed by atoms with Gasteiger partial charge in [0.2, 0.25) is 5.91 Å². The number of carbonyl (C=O) groups is 1. The highest BCUT2D eigenvalue weighted by molar-refractivity contribution is 5.96. The second-order valence-corrected chi connectivity index (χ2v) is 6.31. The topological polar surface area (TPSA) is 75.1 Å². The highest BCUT2D eigenvalue weighted by Crippen LogP contribution is 2.35. The minimum absolute atomic E-state index is 0.153. The van der Waals surface area contributed by atoms with E-state index in [1.807, 2.05) is 25.1 Å². The summed E-state index contributed by atoms with van der Waals surface area (Å²) in [6.07, 6.45) is 4.06. The van der Waals surface area contributed by atoms with E-state index in [4.69, 9.17) is 0 Å². The zero-order valence-corrected chi connectivity index (χ0v) is 13.5. The summed E-state index contributed by atoms with van der Waals surface area (Å²) in [6, 6.07) is 7.56. The fraction of sp³-hybridized carbons (Fsp3) is 0.211. The van der Waals surface area contributed by atoms with E-state index in [1.165, 1.54) is 6.20 Å². The molecule has 3 aromatic rings. The summed E-state index contributed by atoms with van der Waals surface area (Å²) < 4.78 is 12.9. The highest BCUT2D eigenvalue weighted by Gasteiger charge is 2.43. The standard InChI is InChI=1S/C19H16FN3O2/c1-10-15(8-21-9-17(10)24)12-3-2-11-5-18(22-7-13(11)4-12)23-19(25)14-6-16(14)20/h2-5,7-9,14,16,24H,6H2,1H3,(H,22,23,25)/t14-,16+/m1/s1. The first-order chi connectivity index (χ1) is 12.0. The summed E-state index contributed by atoms with van der Waals surface area (Å²) in [4.78, 5) is 20.1. The third-order valence-electron chi connectivity index (χ3n) is 4.52. The first-order valence-corrected chi connectivity index (χ1v) is 8.01. The maximum atomic E-state index is 12.9. The van der Waals surface area contributed by atoms with Gasteiger partial charge in [0, 0.05) is 28.9 Å². The predicted octanol–water partition coefficient (Wildman–Crippen LogP) is 3.61. The number of rotatable bonds is 3. The fourth-order valence-corrected chi connectivity index (χ4v) is 2.84. The van der Waals surface area contributed by atoms with E-state index in [1.54, 1.807) is 18.5 Å². The van der Waals surface area contributed by atoms with Crippen LogP contribution in [0.25, 0.3) is 21.9 Å². The number of halogens is 1. The number of nitrogens with one attached hydrogen (secondary N) is 1. The molecule has 4 rings (SSSR count). The SMILES string of the molecule is Cc1c(O)cncc1-c1ccc2cc(NC(=O)[C@@H]3C[C@@H]3F)ncc2c1. The Kier molecular flexibility index (Phi) is 3.60. The van der Waals surface area contributed by atoms with Gasteiger partial charge in [-0.15, -0.1) is 0 Å². The van der Waals surface area contributed by atoms with Crippen LogP contribution >= 0.6 is 0 Å². The molecule has 0 unspecified atom stereocenters. The molecule has 1 amide bonds. The summed E-state index contributed by atoms with van der Waals surface area (Å²) in [7, 11) is 0. The average Bonchev–Trinajstić information content (AvgIpc) is 3.34. The zero-order chi connectivity index (χ0) is 17.6. The smallest absolute Gasteiger partial charge is 0.231 e. The van der Waals surface area contributed by atoms with Crippen LogP contribution < -0.4 is 5.32 Å². The van der Waals surface area contributed by atoms with Crippen LogP contribution in [-0.4, -0.2) is 27.2 Å². The number of pyridine rings is 2. The number of amides is 1. The summed E-state index contributed by atoms with van der Waals surface area (Å²) in [5.74, 6) is -0.293. The normalized spacial score (nSPS) is 19.0. The van der Waals surface area contributed by atoms with Crippen LogP contribution in [0, 0.1) is 12.8 Å². The van der Waals surface area contributed by atoms with Gasteiger partial charge in [-0.25, -0.2) is 9.37 Å². The van der Waals surface area contributed by atoms with Crippen LogP contribution in [0.4, 0.5) is 10.2 Å². The van der Waals surface area contributed by atoms with Crippen molar-refractivity contribution in [2.75, 3.05) is 5.32 Å². The number of aromatic hydroxyl groups is 1. The van der Waals surface area contributed by atoms with Crippen LogP contribution in [0.2, 0.25) is 0 Å². The largest absolute Gasteiger partial charge is 0.506 e. The van der Waals surface area contributed by atoms with Gasteiger partial charge in [-0.1, -0.05) is 12.1 Å². The number of benzene rings is 1. The van der Waals surface area contributed by atoms with Crippen molar-refractivity contribution in [3.8, 4) is 16.9 Å². The number of alkyl halides is 1. The number of anilines is 1. The molecule has 1 fully saturated rings. The van der Waals surface area contributed by atoms with E-state index in [-0.39, 0.29) is 11.7 Å². The summed E-state index contributed by atoms with van der Waals surface area (Å²) >= 11 is 0. The Bertz CT molecular complexity index is 990. The molecular formula is C19H16FN3O2. The van der Waals surface area contributed by atoms with Crippen molar-refractivity contribution in [3.05, 3.63) is 48.4 Å². The number of aromatic nitrogens is 2. The quantitative estimate of drug-likeness (QED) is 0.766. The van der Waals surface area contributed by atoms with E-state index in [0.29, 0.717) is 12.2 Å². The van der Waals surface area contributed by atoms with Crippen LogP contribution in [0.1, 0.15) is 12.0 Å².